The summed E-state index contributed by atoms with van der Waals surface area (Å²) in [6.07, 6.45) is -0.803. The average Bonchev–Trinajstić information content (AvgIpc) is 3.38. The van der Waals surface area contributed by atoms with E-state index in [1.165, 1.54) is 12.1 Å². The Morgan fingerprint density at radius 2 is 1.81 bits per heavy atom. The minimum Gasteiger partial charge on any atom is -0.493 e. The largest absolute Gasteiger partial charge is 0.493 e. The van der Waals surface area contributed by atoms with Crippen molar-refractivity contribution in [3.05, 3.63) is 35.6 Å². The van der Waals surface area contributed by atoms with E-state index in [9.17, 15) is 17.6 Å². The molecular weight excluding hydrogens is 476 g/mol. The lowest BCUT2D eigenvalue weighted by Crippen LogP contribution is -2.32. The highest BCUT2D eigenvalue weighted by atomic mass is 19.4. The number of nitrogens with zero attached hydrogens (tertiary/aromatic N) is 3. The van der Waals surface area contributed by atoms with E-state index < -0.39 is 17.6 Å². The first-order valence-corrected chi connectivity index (χ1v) is 12.7. The third-order valence-corrected chi connectivity index (χ3v) is 7.64. The number of nitrogens with one attached hydrogen (secondary N) is 1. The molecule has 2 aromatic rings. The van der Waals surface area contributed by atoms with E-state index in [1.807, 2.05) is 0 Å². The summed E-state index contributed by atoms with van der Waals surface area (Å²) in [7, 11) is 0. The second kappa shape index (κ2) is 10.5. The van der Waals surface area contributed by atoms with Crippen LogP contribution in [0.1, 0.15) is 38.2 Å². The molecule has 0 radical (unpaired) electrons. The first-order valence-electron chi connectivity index (χ1n) is 12.7. The van der Waals surface area contributed by atoms with Crippen LogP contribution < -0.4 is 10.1 Å². The summed E-state index contributed by atoms with van der Waals surface area (Å²) in [5.41, 5.74) is -0.846. The summed E-state index contributed by atoms with van der Waals surface area (Å²) in [4.78, 5) is 2.52. The molecule has 0 bridgehead atoms. The summed E-state index contributed by atoms with van der Waals surface area (Å²) in [5.74, 6) is 1.03. The second-order valence-corrected chi connectivity index (χ2v) is 10.2. The molecule has 6 nitrogen and oxygen atoms in total. The standard InChI is InChI=1S/C26H32F4N4O2/c1-2-36-24-4-3-19(27)11-21(24)23-12-22(26(28,29)30)25(33-32-23)31-20-9-17-14-34(15-18(17)10-20)13-16-5-7-35-8-6-16/h3-4,11-12,16-18,20H,2,5-10,13-15H2,1H3,(H,31,33). The second-order valence-electron chi connectivity index (χ2n) is 10.2. The van der Waals surface area contributed by atoms with Gasteiger partial charge >= 0.3 is 6.18 Å². The summed E-state index contributed by atoms with van der Waals surface area (Å²) in [5, 5.41) is 11.0. The maximum Gasteiger partial charge on any atom is 0.420 e. The first-order chi connectivity index (χ1) is 17.3. The van der Waals surface area contributed by atoms with E-state index in [4.69, 9.17) is 9.47 Å². The van der Waals surface area contributed by atoms with E-state index in [0.717, 1.165) is 70.7 Å². The summed E-state index contributed by atoms with van der Waals surface area (Å²) < 4.78 is 66.9. The molecule has 36 heavy (non-hydrogen) atoms. The Bertz CT molecular complexity index is 1050. The van der Waals surface area contributed by atoms with Gasteiger partial charge in [-0.25, -0.2) is 4.39 Å². The summed E-state index contributed by atoms with van der Waals surface area (Å²) in [6, 6.07) is 4.55. The van der Waals surface area contributed by atoms with Crippen molar-refractivity contribution in [1.29, 1.82) is 0 Å². The van der Waals surface area contributed by atoms with E-state index in [1.54, 1.807) is 6.92 Å². The monoisotopic (exact) mass is 508 g/mol. The van der Waals surface area contributed by atoms with Crippen LogP contribution in [0.5, 0.6) is 5.75 Å². The van der Waals surface area contributed by atoms with Crippen molar-refractivity contribution in [3.8, 4) is 17.0 Å². The fourth-order valence-electron chi connectivity index (χ4n) is 5.98. The van der Waals surface area contributed by atoms with Crippen LogP contribution in [0.15, 0.2) is 24.3 Å². The number of fused-ring (bicyclic) bond motifs is 1. The summed E-state index contributed by atoms with van der Waals surface area (Å²) >= 11 is 0. The summed E-state index contributed by atoms with van der Waals surface area (Å²) in [6.45, 7) is 6.79. The molecule has 2 saturated heterocycles. The van der Waals surface area contributed by atoms with Crippen LogP contribution in [0.4, 0.5) is 23.4 Å². The Hall–Kier alpha value is -2.46. The number of halogens is 4. The molecule has 3 heterocycles. The van der Waals surface area contributed by atoms with Gasteiger partial charge in [0, 0.05) is 44.5 Å². The molecule has 1 aromatic carbocycles. The molecule has 5 rings (SSSR count). The van der Waals surface area contributed by atoms with Crippen LogP contribution in [-0.4, -0.2) is 60.6 Å². The van der Waals surface area contributed by atoms with Crippen LogP contribution >= 0.6 is 0 Å². The molecular formula is C26H32F4N4O2. The Kier molecular flexibility index (Phi) is 7.35. The number of aromatic nitrogens is 2. The van der Waals surface area contributed by atoms with Crippen LogP contribution in [0, 0.1) is 23.6 Å². The van der Waals surface area contributed by atoms with Crippen molar-refractivity contribution in [1.82, 2.24) is 15.1 Å². The van der Waals surface area contributed by atoms with Gasteiger partial charge in [0.25, 0.3) is 0 Å². The van der Waals surface area contributed by atoms with Gasteiger partial charge in [-0.05, 0) is 74.6 Å². The highest BCUT2D eigenvalue weighted by Crippen LogP contribution is 2.42. The molecule has 10 heteroatoms. The normalized spacial score (nSPS) is 25.2. The molecule has 2 aliphatic heterocycles. The zero-order valence-electron chi connectivity index (χ0n) is 20.4. The number of alkyl halides is 3. The van der Waals surface area contributed by atoms with Crippen LogP contribution in [0.25, 0.3) is 11.3 Å². The topological polar surface area (TPSA) is 59.5 Å². The molecule has 1 saturated carbocycles. The predicted octanol–water partition coefficient (Wildman–Crippen LogP) is 5.25. The molecule has 3 aliphatic rings. The number of hydrogen-bond donors (Lipinski definition) is 1. The zero-order valence-corrected chi connectivity index (χ0v) is 20.4. The van der Waals surface area contributed by atoms with Gasteiger partial charge < -0.3 is 19.7 Å². The molecule has 2 unspecified atom stereocenters. The van der Waals surface area contributed by atoms with E-state index in [2.05, 4.69) is 20.4 Å². The quantitative estimate of drug-likeness (QED) is 0.516. The molecule has 1 aromatic heterocycles. The number of hydrogen-bond acceptors (Lipinski definition) is 6. The van der Waals surface area contributed by atoms with Gasteiger partial charge in [0.1, 0.15) is 17.1 Å². The predicted molar refractivity (Wildman–Crippen MR) is 127 cm³/mol. The molecule has 0 amide bonds. The van der Waals surface area contributed by atoms with Crippen molar-refractivity contribution < 1.29 is 27.0 Å². The van der Waals surface area contributed by atoms with Crippen molar-refractivity contribution >= 4 is 5.82 Å². The average molecular weight is 509 g/mol. The highest BCUT2D eigenvalue weighted by molar-refractivity contribution is 5.69. The molecule has 196 valence electrons. The van der Waals surface area contributed by atoms with Gasteiger partial charge in [-0.3, -0.25) is 0 Å². The Morgan fingerprint density at radius 3 is 2.47 bits per heavy atom. The maximum atomic E-state index is 14.0. The minimum atomic E-state index is -4.64. The number of likely N-dealkylation sites (tertiary alicyclic amines) is 1. The van der Waals surface area contributed by atoms with Gasteiger partial charge in [0.2, 0.25) is 0 Å². The smallest absolute Gasteiger partial charge is 0.420 e. The van der Waals surface area contributed by atoms with Crippen molar-refractivity contribution in [2.45, 2.75) is 44.8 Å². The van der Waals surface area contributed by atoms with Gasteiger partial charge in [0.15, 0.2) is 5.82 Å². The van der Waals surface area contributed by atoms with Gasteiger partial charge in [-0.1, -0.05) is 0 Å². The molecule has 2 atom stereocenters. The number of anilines is 1. The Morgan fingerprint density at radius 1 is 1.08 bits per heavy atom. The molecule has 1 N–H and O–H groups in total. The van der Waals surface area contributed by atoms with Crippen molar-refractivity contribution in [3.63, 3.8) is 0 Å². The molecule has 1 aliphatic carbocycles. The SMILES string of the molecule is CCOc1ccc(F)cc1-c1cc(C(F)(F)F)c(NC2CC3CN(CC4CCOCC4)CC3C2)nn1. The third-order valence-electron chi connectivity index (χ3n) is 7.64. The maximum absolute atomic E-state index is 14.0. The number of rotatable bonds is 7. The van der Waals surface area contributed by atoms with Crippen molar-refractivity contribution in [2.24, 2.45) is 17.8 Å². The van der Waals surface area contributed by atoms with Crippen LogP contribution in [0.3, 0.4) is 0 Å². The number of ether oxygens (including phenoxy) is 2. The van der Waals surface area contributed by atoms with Crippen LogP contribution in [0.2, 0.25) is 0 Å². The molecule has 0 spiro atoms. The van der Waals surface area contributed by atoms with E-state index >= 15 is 0 Å². The van der Waals surface area contributed by atoms with Crippen molar-refractivity contribution in [2.75, 3.05) is 44.8 Å². The van der Waals surface area contributed by atoms with Gasteiger partial charge in [0.05, 0.1) is 12.3 Å². The first kappa shape index (κ1) is 25.2. The lowest BCUT2D eigenvalue weighted by atomic mass is 10.00. The molecule has 3 fully saturated rings. The minimum absolute atomic E-state index is 0.0807. The van der Waals surface area contributed by atoms with E-state index in [-0.39, 0.29) is 35.5 Å². The fourth-order valence-corrected chi connectivity index (χ4v) is 5.98. The lowest BCUT2D eigenvalue weighted by Gasteiger charge is -2.28. The zero-order chi connectivity index (χ0) is 25.3. The van der Waals surface area contributed by atoms with Gasteiger partial charge in [-0.15, -0.1) is 10.2 Å². The van der Waals surface area contributed by atoms with E-state index in [0.29, 0.717) is 17.8 Å². The van der Waals surface area contributed by atoms with Gasteiger partial charge in [-0.2, -0.15) is 13.2 Å². The lowest BCUT2D eigenvalue weighted by molar-refractivity contribution is -0.137. The van der Waals surface area contributed by atoms with Crippen LogP contribution in [-0.2, 0) is 10.9 Å². The third kappa shape index (κ3) is 5.59. The highest BCUT2D eigenvalue weighted by Gasteiger charge is 2.43. The fraction of sp³-hybridized carbons (Fsp3) is 0.615. The number of benzene rings is 1. The Labute approximate surface area is 208 Å². The Balaban J connectivity index is 1.28.